The van der Waals surface area contributed by atoms with Crippen LogP contribution in [-0.2, 0) is 17.1 Å². The summed E-state index contributed by atoms with van der Waals surface area (Å²) < 4.78 is 19.5. The third-order valence-electron chi connectivity index (χ3n) is 3.83. The van der Waals surface area contributed by atoms with E-state index < -0.39 is 11.8 Å². The van der Waals surface area contributed by atoms with Gasteiger partial charge in [0.25, 0.3) is 5.22 Å². The van der Waals surface area contributed by atoms with Gasteiger partial charge in [-0.05, 0) is 29.3 Å². The number of hydrogen-bond acceptors (Lipinski definition) is 6. The van der Waals surface area contributed by atoms with Gasteiger partial charge < -0.3 is 14.8 Å². The molecule has 0 aliphatic heterocycles. The van der Waals surface area contributed by atoms with Gasteiger partial charge in [0.15, 0.2) is 0 Å². The molecule has 0 saturated carbocycles. The highest BCUT2D eigenvalue weighted by Crippen LogP contribution is 2.28. The highest BCUT2D eigenvalue weighted by Gasteiger charge is 2.12. The number of carbonyl (C=O) groups is 1. The predicted octanol–water partition coefficient (Wildman–Crippen LogP) is 4.39. The number of halogens is 2. The van der Waals surface area contributed by atoms with E-state index in [4.69, 9.17) is 21.1 Å². The second-order valence-electron chi connectivity index (χ2n) is 5.89. The third kappa shape index (κ3) is 5.54. The maximum Gasteiger partial charge on any atom is 0.304 e. The van der Waals surface area contributed by atoms with Crippen LogP contribution in [0.1, 0.15) is 17.5 Å². The first-order chi connectivity index (χ1) is 13.5. The zero-order valence-corrected chi connectivity index (χ0v) is 16.3. The number of thioether (sulfide) groups is 1. The smallest absolute Gasteiger partial charge is 0.304 e. The first kappa shape index (κ1) is 20.3. The molecule has 6 nitrogen and oxygen atoms in total. The maximum absolute atomic E-state index is 13.9. The molecule has 1 heterocycles. The summed E-state index contributed by atoms with van der Waals surface area (Å²) in [6.07, 6.45) is 0.0829. The molecule has 0 aliphatic carbocycles. The van der Waals surface area contributed by atoms with Crippen LogP contribution < -0.4 is 5.32 Å². The van der Waals surface area contributed by atoms with Crippen LogP contribution in [0.25, 0.3) is 11.5 Å². The van der Waals surface area contributed by atoms with Crippen molar-refractivity contribution in [2.24, 2.45) is 0 Å². The van der Waals surface area contributed by atoms with Gasteiger partial charge in [-0.2, -0.15) is 0 Å². The topological polar surface area (TPSA) is 88.2 Å². The Balaban J connectivity index is 1.56. The van der Waals surface area contributed by atoms with E-state index in [0.717, 1.165) is 11.1 Å². The number of aromatic nitrogens is 2. The molecule has 0 unspecified atom stereocenters. The molecule has 2 aromatic carbocycles. The molecule has 0 spiro atoms. The van der Waals surface area contributed by atoms with Crippen molar-refractivity contribution in [3.05, 3.63) is 64.4 Å². The fraction of sp³-hybridized carbons (Fsp3) is 0.211. The maximum atomic E-state index is 13.9. The minimum atomic E-state index is -0.828. The summed E-state index contributed by atoms with van der Waals surface area (Å²) in [5, 5.41) is 20.1. The second-order valence-corrected chi connectivity index (χ2v) is 7.23. The number of carboxylic acids is 1. The highest BCUT2D eigenvalue weighted by molar-refractivity contribution is 7.98. The standard InChI is InChI=1S/C19H17ClFN3O3S/c20-15-3-1-2-14(17(15)21)11-28-19-24-23-18(27-19)13-6-4-12(5-7-13)10-22-9-8-16(25)26/h1-7,22H,8-11H2,(H,25,26). The van der Waals surface area contributed by atoms with E-state index in [1.807, 2.05) is 24.3 Å². The summed E-state index contributed by atoms with van der Waals surface area (Å²) in [6.45, 7) is 0.984. The second kappa shape index (κ2) is 9.68. The lowest BCUT2D eigenvalue weighted by molar-refractivity contribution is -0.136. The Hall–Kier alpha value is -2.42. The molecule has 2 N–H and O–H groups in total. The van der Waals surface area contributed by atoms with Crippen molar-refractivity contribution in [2.45, 2.75) is 23.9 Å². The summed E-state index contributed by atoms with van der Waals surface area (Å²) in [7, 11) is 0. The molecule has 0 atom stereocenters. The summed E-state index contributed by atoms with van der Waals surface area (Å²) >= 11 is 7.01. The zero-order chi connectivity index (χ0) is 19.9. The fourth-order valence-electron chi connectivity index (χ4n) is 2.38. The average Bonchev–Trinajstić information content (AvgIpc) is 3.16. The van der Waals surface area contributed by atoms with Gasteiger partial charge in [0.2, 0.25) is 5.89 Å². The molecule has 0 saturated heterocycles. The van der Waals surface area contributed by atoms with Crippen molar-refractivity contribution in [3.63, 3.8) is 0 Å². The van der Waals surface area contributed by atoms with E-state index in [2.05, 4.69) is 15.5 Å². The number of aliphatic carboxylic acids is 1. The number of benzene rings is 2. The number of nitrogens with one attached hydrogen (secondary N) is 1. The minimum absolute atomic E-state index is 0.0829. The largest absolute Gasteiger partial charge is 0.481 e. The Kier molecular flexibility index (Phi) is 7.02. The third-order valence-corrected chi connectivity index (χ3v) is 4.99. The first-order valence-corrected chi connectivity index (χ1v) is 9.80. The molecule has 0 radical (unpaired) electrons. The van der Waals surface area contributed by atoms with E-state index in [1.165, 1.54) is 17.8 Å². The Labute approximate surface area is 170 Å². The lowest BCUT2D eigenvalue weighted by Gasteiger charge is -2.04. The van der Waals surface area contributed by atoms with Crippen LogP contribution in [0.2, 0.25) is 5.02 Å². The quantitative estimate of drug-likeness (QED) is 0.391. The van der Waals surface area contributed by atoms with Crippen LogP contribution >= 0.6 is 23.4 Å². The number of carboxylic acid groups (broad SMARTS) is 1. The van der Waals surface area contributed by atoms with E-state index in [1.54, 1.807) is 12.1 Å². The highest BCUT2D eigenvalue weighted by atomic mass is 35.5. The summed E-state index contributed by atoms with van der Waals surface area (Å²) in [6, 6.07) is 12.4. The van der Waals surface area contributed by atoms with Crippen LogP contribution in [0, 0.1) is 5.82 Å². The molecule has 0 bridgehead atoms. The van der Waals surface area contributed by atoms with Crippen molar-refractivity contribution >= 4 is 29.3 Å². The summed E-state index contributed by atoms with van der Waals surface area (Å²) in [5.74, 6) is -0.566. The Morgan fingerprint density at radius 1 is 1.21 bits per heavy atom. The lowest BCUT2D eigenvalue weighted by atomic mass is 10.1. The molecule has 0 fully saturated rings. The van der Waals surface area contributed by atoms with Crippen LogP contribution in [0.5, 0.6) is 0 Å². The molecule has 3 aromatic rings. The molecule has 146 valence electrons. The molecule has 0 aliphatic rings. The van der Waals surface area contributed by atoms with Gasteiger partial charge >= 0.3 is 5.97 Å². The monoisotopic (exact) mass is 421 g/mol. The van der Waals surface area contributed by atoms with Gasteiger partial charge in [0.1, 0.15) is 5.82 Å². The van der Waals surface area contributed by atoms with E-state index in [9.17, 15) is 9.18 Å². The molecule has 28 heavy (non-hydrogen) atoms. The molecular weight excluding hydrogens is 405 g/mol. The van der Waals surface area contributed by atoms with Gasteiger partial charge in [0.05, 0.1) is 11.4 Å². The van der Waals surface area contributed by atoms with Crippen LogP contribution in [0.4, 0.5) is 4.39 Å². The van der Waals surface area contributed by atoms with E-state index in [-0.39, 0.29) is 11.4 Å². The van der Waals surface area contributed by atoms with Crippen LogP contribution in [0.15, 0.2) is 52.1 Å². The lowest BCUT2D eigenvalue weighted by Crippen LogP contribution is -2.17. The molecule has 1 aromatic heterocycles. The van der Waals surface area contributed by atoms with Crippen LogP contribution in [0.3, 0.4) is 0 Å². The SMILES string of the molecule is O=C(O)CCNCc1ccc(-c2nnc(SCc3cccc(Cl)c3F)o2)cc1. The van der Waals surface area contributed by atoms with E-state index >= 15 is 0 Å². The van der Waals surface area contributed by atoms with Crippen molar-refractivity contribution in [1.29, 1.82) is 0 Å². The average molecular weight is 422 g/mol. The van der Waals surface area contributed by atoms with Gasteiger partial charge in [-0.25, -0.2) is 4.39 Å². The van der Waals surface area contributed by atoms with Gasteiger partial charge in [0, 0.05) is 24.4 Å². The molecule has 0 amide bonds. The summed E-state index contributed by atoms with van der Waals surface area (Å²) in [4.78, 5) is 10.5. The van der Waals surface area contributed by atoms with Crippen LogP contribution in [-0.4, -0.2) is 27.8 Å². The number of nitrogens with zero attached hydrogens (tertiary/aromatic N) is 2. The normalized spacial score (nSPS) is 10.9. The molecular formula is C19H17ClFN3O3S. The zero-order valence-electron chi connectivity index (χ0n) is 14.7. The van der Waals surface area contributed by atoms with Gasteiger partial charge in [-0.1, -0.05) is 47.6 Å². The van der Waals surface area contributed by atoms with Crippen molar-refractivity contribution in [1.82, 2.24) is 15.5 Å². The fourth-order valence-corrected chi connectivity index (χ4v) is 3.31. The van der Waals surface area contributed by atoms with Gasteiger partial charge in [-0.3, -0.25) is 4.79 Å². The Morgan fingerprint density at radius 3 is 2.75 bits per heavy atom. The van der Waals surface area contributed by atoms with Crippen molar-refractivity contribution in [3.8, 4) is 11.5 Å². The minimum Gasteiger partial charge on any atom is -0.481 e. The van der Waals surface area contributed by atoms with E-state index in [0.29, 0.717) is 35.5 Å². The summed E-state index contributed by atoms with van der Waals surface area (Å²) in [5.41, 5.74) is 2.25. The predicted molar refractivity (Wildman–Crippen MR) is 105 cm³/mol. The number of rotatable bonds is 9. The Morgan fingerprint density at radius 2 is 2.00 bits per heavy atom. The van der Waals surface area contributed by atoms with Crippen molar-refractivity contribution < 1.29 is 18.7 Å². The number of hydrogen-bond donors (Lipinski definition) is 2. The van der Waals surface area contributed by atoms with Crippen molar-refractivity contribution in [2.75, 3.05) is 6.54 Å². The van der Waals surface area contributed by atoms with Gasteiger partial charge in [-0.15, -0.1) is 10.2 Å². The molecule has 3 rings (SSSR count). The first-order valence-electron chi connectivity index (χ1n) is 8.44. The Bertz CT molecular complexity index is 950. The molecule has 9 heteroatoms.